The lowest BCUT2D eigenvalue weighted by molar-refractivity contribution is -0.135. The van der Waals surface area contributed by atoms with Gasteiger partial charge in [0.1, 0.15) is 0 Å². The minimum atomic E-state index is -0.839. The Morgan fingerprint density at radius 3 is 2.47 bits per heavy atom. The predicted molar refractivity (Wildman–Crippen MR) is 60.5 cm³/mol. The SMILES string of the molecule is C=C(C)c1ccc(CNCC(=O)O)cc1. The van der Waals surface area contributed by atoms with Crippen molar-refractivity contribution in [1.29, 1.82) is 0 Å². The van der Waals surface area contributed by atoms with Crippen molar-refractivity contribution in [2.75, 3.05) is 6.54 Å². The second-order valence-electron chi connectivity index (χ2n) is 3.47. The van der Waals surface area contributed by atoms with Crippen LogP contribution in [0.2, 0.25) is 0 Å². The van der Waals surface area contributed by atoms with Gasteiger partial charge in [0.2, 0.25) is 0 Å². The molecule has 1 aromatic rings. The molecule has 3 heteroatoms. The van der Waals surface area contributed by atoms with Crippen molar-refractivity contribution in [2.45, 2.75) is 13.5 Å². The molecule has 3 nitrogen and oxygen atoms in total. The molecule has 1 aromatic carbocycles. The van der Waals surface area contributed by atoms with Gasteiger partial charge < -0.3 is 10.4 Å². The van der Waals surface area contributed by atoms with Gasteiger partial charge in [0.05, 0.1) is 6.54 Å². The summed E-state index contributed by atoms with van der Waals surface area (Å²) in [5.41, 5.74) is 3.21. The molecule has 0 aliphatic carbocycles. The van der Waals surface area contributed by atoms with E-state index in [2.05, 4.69) is 11.9 Å². The van der Waals surface area contributed by atoms with Gasteiger partial charge in [-0.15, -0.1) is 0 Å². The molecule has 0 saturated heterocycles. The zero-order chi connectivity index (χ0) is 11.3. The lowest BCUT2D eigenvalue weighted by Gasteiger charge is -2.04. The van der Waals surface area contributed by atoms with Crippen LogP contribution in [0.25, 0.3) is 5.57 Å². The van der Waals surface area contributed by atoms with Gasteiger partial charge >= 0.3 is 5.97 Å². The Kier molecular flexibility index (Phi) is 4.06. The van der Waals surface area contributed by atoms with Gasteiger partial charge in [0.25, 0.3) is 0 Å². The zero-order valence-corrected chi connectivity index (χ0v) is 8.79. The molecule has 1 rings (SSSR count). The van der Waals surface area contributed by atoms with Gasteiger partial charge in [-0.1, -0.05) is 36.4 Å². The number of benzene rings is 1. The van der Waals surface area contributed by atoms with Crippen molar-refractivity contribution < 1.29 is 9.90 Å². The summed E-state index contributed by atoms with van der Waals surface area (Å²) in [5.74, 6) is -0.839. The van der Waals surface area contributed by atoms with Crippen molar-refractivity contribution in [3.63, 3.8) is 0 Å². The molecule has 0 spiro atoms. The van der Waals surface area contributed by atoms with Gasteiger partial charge in [-0.25, -0.2) is 0 Å². The lowest BCUT2D eigenvalue weighted by atomic mass is 10.1. The number of hydrogen-bond donors (Lipinski definition) is 2. The molecule has 0 aromatic heterocycles. The van der Waals surface area contributed by atoms with Crippen LogP contribution in [0.3, 0.4) is 0 Å². The predicted octanol–water partition coefficient (Wildman–Crippen LogP) is 1.89. The number of rotatable bonds is 5. The van der Waals surface area contributed by atoms with E-state index < -0.39 is 5.97 Å². The summed E-state index contributed by atoms with van der Waals surface area (Å²) in [7, 11) is 0. The molecule has 0 aliphatic rings. The normalized spacial score (nSPS) is 9.93. The average molecular weight is 205 g/mol. The molecule has 0 aliphatic heterocycles. The minimum Gasteiger partial charge on any atom is -0.480 e. The van der Waals surface area contributed by atoms with E-state index in [4.69, 9.17) is 5.11 Å². The molecule has 0 heterocycles. The second kappa shape index (κ2) is 5.32. The molecule has 0 bridgehead atoms. The Balaban J connectivity index is 2.50. The Labute approximate surface area is 89.4 Å². The van der Waals surface area contributed by atoms with E-state index in [1.807, 2.05) is 31.2 Å². The monoisotopic (exact) mass is 205 g/mol. The van der Waals surface area contributed by atoms with Crippen LogP contribution in [0.4, 0.5) is 0 Å². The number of carbonyl (C=O) groups is 1. The largest absolute Gasteiger partial charge is 0.480 e. The molecule has 0 amide bonds. The van der Waals surface area contributed by atoms with Crippen LogP contribution < -0.4 is 5.32 Å². The fourth-order valence-electron chi connectivity index (χ4n) is 1.22. The van der Waals surface area contributed by atoms with E-state index in [9.17, 15) is 4.79 Å². The maximum Gasteiger partial charge on any atom is 0.317 e. The first kappa shape index (κ1) is 11.5. The van der Waals surface area contributed by atoms with E-state index in [1.165, 1.54) is 0 Å². The molecule has 0 radical (unpaired) electrons. The smallest absolute Gasteiger partial charge is 0.317 e. The van der Waals surface area contributed by atoms with Gasteiger partial charge in [0.15, 0.2) is 0 Å². The maximum absolute atomic E-state index is 10.3. The Morgan fingerprint density at radius 2 is 2.00 bits per heavy atom. The highest BCUT2D eigenvalue weighted by Gasteiger charge is 1.97. The fraction of sp³-hybridized carbons (Fsp3) is 0.250. The first-order valence-corrected chi connectivity index (χ1v) is 4.77. The lowest BCUT2D eigenvalue weighted by Crippen LogP contribution is -2.21. The summed E-state index contributed by atoms with van der Waals surface area (Å²) in [6.45, 7) is 6.36. The summed E-state index contributed by atoms with van der Waals surface area (Å²) in [6, 6.07) is 7.91. The summed E-state index contributed by atoms with van der Waals surface area (Å²) in [4.78, 5) is 10.3. The third-order valence-electron chi connectivity index (χ3n) is 2.05. The summed E-state index contributed by atoms with van der Waals surface area (Å²) in [6.07, 6.45) is 0. The summed E-state index contributed by atoms with van der Waals surface area (Å²) < 4.78 is 0. The molecule has 80 valence electrons. The first-order valence-electron chi connectivity index (χ1n) is 4.77. The quantitative estimate of drug-likeness (QED) is 0.771. The Bertz CT molecular complexity index is 354. The Morgan fingerprint density at radius 1 is 1.40 bits per heavy atom. The average Bonchev–Trinajstić information content (AvgIpc) is 2.18. The molecule has 0 fully saturated rings. The van der Waals surface area contributed by atoms with Crippen LogP contribution in [-0.2, 0) is 11.3 Å². The maximum atomic E-state index is 10.3. The topological polar surface area (TPSA) is 49.3 Å². The highest BCUT2D eigenvalue weighted by molar-refractivity contribution is 5.69. The van der Waals surface area contributed by atoms with E-state index in [0.717, 1.165) is 16.7 Å². The van der Waals surface area contributed by atoms with Crippen molar-refractivity contribution >= 4 is 11.5 Å². The van der Waals surface area contributed by atoms with Crippen LogP contribution in [-0.4, -0.2) is 17.6 Å². The van der Waals surface area contributed by atoms with E-state index in [-0.39, 0.29) is 6.54 Å². The third-order valence-corrected chi connectivity index (χ3v) is 2.05. The molecule has 15 heavy (non-hydrogen) atoms. The van der Waals surface area contributed by atoms with E-state index >= 15 is 0 Å². The van der Waals surface area contributed by atoms with Crippen LogP contribution in [0.5, 0.6) is 0 Å². The molecule has 0 unspecified atom stereocenters. The number of allylic oxidation sites excluding steroid dienone is 1. The molecule has 2 N–H and O–H groups in total. The number of carboxylic acid groups (broad SMARTS) is 1. The van der Waals surface area contributed by atoms with Gasteiger partial charge in [-0.05, 0) is 18.1 Å². The van der Waals surface area contributed by atoms with Gasteiger partial charge in [-0.3, -0.25) is 4.79 Å². The standard InChI is InChI=1S/C12H15NO2/c1-9(2)11-5-3-10(4-6-11)7-13-8-12(14)15/h3-6,13H,1,7-8H2,2H3,(H,14,15). The van der Waals surface area contributed by atoms with E-state index in [0.29, 0.717) is 6.54 Å². The van der Waals surface area contributed by atoms with Crippen molar-refractivity contribution in [3.05, 3.63) is 42.0 Å². The third kappa shape index (κ3) is 3.95. The number of hydrogen-bond acceptors (Lipinski definition) is 2. The summed E-state index contributed by atoms with van der Waals surface area (Å²) >= 11 is 0. The molecular formula is C12H15NO2. The van der Waals surface area contributed by atoms with Crippen molar-refractivity contribution in [3.8, 4) is 0 Å². The highest BCUT2D eigenvalue weighted by Crippen LogP contribution is 2.11. The van der Waals surface area contributed by atoms with Crippen LogP contribution in [0.1, 0.15) is 18.1 Å². The van der Waals surface area contributed by atoms with Crippen molar-refractivity contribution in [2.24, 2.45) is 0 Å². The van der Waals surface area contributed by atoms with Crippen LogP contribution in [0, 0.1) is 0 Å². The molecule has 0 atom stereocenters. The van der Waals surface area contributed by atoms with Gasteiger partial charge in [0, 0.05) is 6.54 Å². The molecule has 0 saturated carbocycles. The number of carboxylic acids is 1. The summed E-state index contributed by atoms with van der Waals surface area (Å²) in [5, 5.41) is 11.3. The Hall–Kier alpha value is -1.61. The fourth-order valence-corrected chi connectivity index (χ4v) is 1.22. The first-order chi connectivity index (χ1) is 7.09. The van der Waals surface area contributed by atoms with Crippen LogP contribution in [0.15, 0.2) is 30.8 Å². The zero-order valence-electron chi connectivity index (χ0n) is 8.79. The van der Waals surface area contributed by atoms with Crippen LogP contribution >= 0.6 is 0 Å². The number of aliphatic carboxylic acids is 1. The second-order valence-corrected chi connectivity index (χ2v) is 3.47. The highest BCUT2D eigenvalue weighted by atomic mass is 16.4. The minimum absolute atomic E-state index is 0.0117. The van der Waals surface area contributed by atoms with Gasteiger partial charge in [-0.2, -0.15) is 0 Å². The van der Waals surface area contributed by atoms with Crippen molar-refractivity contribution in [1.82, 2.24) is 5.32 Å². The number of nitrogens with one attached hydrogen (secondary N) is 1. The molecular weight excluding hydrogens is 190 g/mol. The van der Waals surface area contributed by atoms with E-state index in [1.54, 1.807) is 0 Å².